The van der Waals surface area contributed by atoms with Crippen LogP contribution in [0.1, 0.15) is 64.9 Å². The summed E-state index contributed by atoms with van der Waals surface area (Å²) in [4.78, 5) is 0. The van der Waals surface area contributed by atoms with Crippen LogP contribution in [0.3, 0.4) is 0 Å². The first-order chi connectivity index (χ1) is 10.5. The molecule has 1 aromatic carbocycles. The molecule has 3 heteroatoms. The molecule has 0 aliphatic carbocycles. The van der Waals surface area contributed by atoms with Gasteiger partial charge in [-0.2, -0.15) is 0 Å². The number of halogens is 2. The Morgan fingerprint density at radius 2 is 1.95 bits per heavy atom. The predicted molar refractivity (Wildman–Crippen MR) is 95.6 cm³/mol. The molecule has 0 aromatic heterocycles. The molecule has 1 rings (SSSR count). The number of rotatable bonds is 10. The molecule has 0 fully saturated rings. The fraction of sp³-hybridized carbons (Fsp3) is 0.579. The van der Waals surface area contributed by atoms with Crippen LogP contribution in [0, 0.1) is 11.7 Å². The number of unbranched alkanes of at least 4 members (excludes halogenated alkanes) is 1. The van der Waals surface area contributed by atoms with E-state index >= 15 is 0 Å². The van der Waals surface area contributed by atoms with Gasteiger partial charge in [-0.15, -0.1) is 0 Å². The molecule has 0 aliphatic rings. The van der Waals surface area contributed by atoms with Crippen LogP contribution in [0.25, 0.3) is 5.70 Å². The van der Waals surface area contributed by atoms with Crippen molar-refractivity contribution in [2.45, 2.75) is 65.3 Å². The van der Waals surface area contributed by atoms with E-state index in [0.717, 1.165) is 6.42 Å². The van der Waals surface area contributed by atoms with Gasteiger partial charge in [-0.1, -0.05) is 58.2 Å². The number of hydrogen-bond acceptors (Lipinski definition) is 1. The van der Waals surface area contributed by atoms with Crippen LogP contribution >= 0.6 is 11.6 Å². The summed E-state index contributed by atoms with van der Waals surface area (Å²) >= 11 is 5.81. The lowest BCUT2D eigenvalue weighted by Gasteiger charge is -2.29. The van der Waals surface area contributed by atoms with Crippen molar-refractivity contribution in [1.29, 1.82) is 0 Å². The second kappa shape index (κ2) is 9.89. The van der Waals surface area contributed by atoms with Crippen molar-refractivity contribution in [1.82, 2.24) is 5.32 Å². The van der Waals surface area contributed by atoms with E-state index < -0.39 is 0 Å². The summed E-state index contributed by atoms with van der Waals surface area (Å²) in [6.45, 7) is 10.7. The Hall–Kier alpha value is -1.02. The van der Waals surface area contributed by atoms with Gasteiger partial charge in [0, 0.05) is 22.3 Å². The summed E-state index contributed by atoms with van der Waals surface area (Å²) in [6, 6.07) is 5.08. The first-order valence-electron chi connectivity index (χ1n) is 8.44. The Morgan fingerprint density at radius 3 is 2.50 bits per heavy atom. The van der Waals surface area contributed by atoms with Crippen molar-refractivity contribution in [2.24, 2.45) is 5.92 Å². The molecule has 1 aromatic rings. The van der Waals surface area contributed by atoms with E-state index in [0.29, 0.717) is 28.2 Å². The van der Waals surface area contributed by atoms with Crippen LogP contribution in [-0.2, 0) is 0 Å². The molecule has 0 heterocycles. The van der Waals surface area contributed by atoms with Crippen LogP contribution in [0.4, 0.5) is 4.39 Å². The average molecular weight is 326 g/mol. The van der Waals surface area contributed by atoms with Crippen molar-refractivity contribution in [3.63, 3.8) is 0 Å². The average Bonchev–Trinajstić information content (AvgIpc) is 2.49. The number of hydrogen-bond donors (Lipinski definition) is 1. The maximum atomic E-state index is 14.0. The third kappa shape index (κ3) is 5.64. The minimum Gasteiger partial charge on any atom is -0.382 e. The maximum absolute atomic E-state index is 14.0. The lowest BCUT2D eigenvalue weighted by atomic mass is 9.88. The highest BCUT2D eigenvalue weighted by molar-refractivity contribution is 6.30. The lowest BCUT2D eigenvalue weighted by Crippen LogP contribution is -2.34. The van der Waals surface area contributed by atoms with E-state index in [1.54, 1.807) is 12.1 Å². The lowest BCUT2D eigenvalue weighted by molar-refractivity contribution is 0.323. The Kier molecular flexibility index (Phi) is 8.55. The third-order valence-electron chi connectivity index (χ3n) is 4.21. The largest absolute Gasteiger partial charge is 0.382 e. The van der Waals surface area contributed by atoms with Gasteiger partial charge < -0.3 is 5.32 Å². The Bertz CT molecular complexity index is 473. The third-order valence-corrected chi connectivity index (χ3v) is 4.45. The molecule has 0 saturated carbocycles. The minimum atomic E-state index is -0.319. The molecule has 0 aliphatic heterocycles. The van der Waals surface area contributed by atoms with E-state index in [1.165, 1.54) is 38.2 Å². The van der Waals surface area contributed by atoms with Crippen LogP contribution < -0.4 is 5.32 Å². The standard InChI is InChI=1S/C19H29ClFN/c1-5-8-10-15(9-6-2)19(7-3)22-14(4)17-12-11-16(20)13-18(17)21/h11-13,15,19,22H,4-10H2,1-3H3. The molecular formula is C19H29ClFN. The SMILES string of the molecule is C=C(NC(CC)C(CCC)CCCC)c1ccc(Cl)cc1F. The molecule has 0 spiro atoms. The zero-order valence-electron chi connectivity index (χ0n) is 14.1. The fourth-order valence-corrected chi connectivity index (χ4v) is 3.13. The second-order valence-electron chi connectivity index (χ2n) is 5.95. The Balaban J connectivity index is 2.79. The number of nitrogens with one attached hydrogen (secondary N) is 1. The van der Waals surface area contributed by atoms with Gasteiger partial charge in [-0.25, -0.2) is 4.39 Å². The summed E-state index contributed by atoms with van der Waals surface area (Å²) in [5.41, 5.74) is 1.16. The molecule has 0 amide bonds. The first-order valence-corrected chi connectivity index (χ1v) is 8.82. The molecule has 1 nitrogen and oxygen atoms in total. The second-order valence-corrected chi connectivity index (χ2v) is 6.39. The van der Waals surface area contributed by atoms with E-state index in [1.807, 2.05) is 0 Å². The predicted octanol–water partition coefficient (Wildman–Crippen LogP) is 6.42. The highest BCUT2D eigenvalue weighted by Crippen LogP contribution is 2.25. The van der Waals surface area contributed by atoms with E-state index in [9.17, 15) is 4.39 Å². The van der Waals surface area contributed by atoms with Crippen molar-refractivity contribution in [3.05, 3.63) is 41.2 Å². The van der Waals surface area contributed by atoms with Crippen molar-refractivity contribution in [2.75, 3.05) is 0 Å². The quantitative estimate of drug-likeness (QED) is 0.523. The summed E-state index contributed by atoms with van der Waals surface area (Å²) in [5.74, 6) is 0.294. The molecule has 0 radical (unpaired) electrons. The number of benzene rings is 1. The van der Waals surface area contributed by atoms with E-state index in [4.69, 9.17) is 11.6 Å². The summed E-state index contributed by atoms with van der Waals surface area (Å²) in [7, 11) is 0. The molecule has 2 unspecified atom stereocenters. The van der Waals surface area contributed by atoms with Crippen molar-refractivity contribution in [3.8, 4) is 0 Å². The van der Waals surface area contributed by atoms with Gasteiger partial charge in [0.25, 0.3) is 0 Å². The smallest absolute Gasteiger partial charge is 0.133 e. The molecule has 0 bridgehead atoms. The maximum Gasteiger partial charge on any atom is 0.133 e. The highest BCUT2D eigenvalue weighted by atomic mass is 35.5. The van der Waals surface area contributed by atoms with Gasteiger partial charge in [0.15, 0.2) is 0 Å². The normalized spacial score (nSPS) is 13.7. The van der Waals surface area contributed by atoms with Gasteiger partial charge in [0.1, 0.15) is 5.82 Å². The Morgan fingerprint density at radius 1 is 1.23 bits per heavy atom. The van der Waals surface area contributed by atoms with Crippen molar-refractivity contribution < 1.29 is 4.39 Å². The molecule has 1 N–H and O–H groups in total. The zero-order chi connectivity index (χ0) is 16.5. The molecule has 124 valence electrons. The summed E-state index contributed by atoms with van der Waals surface area (Å²) < 4.78 is 14.0. The van der Waals surface area contributed by atoms with Crippen LogP contribution in [0.5, 0.6) is 0 Å². The Labute approximate surface area is 140 Å². The molecule has 2 atom stereocenters. The molecule has 22 heavy (non-hydrogen) atoms. The zero-order valence-corrected chi connectivity index (χ0v) is 14.8. The first kappa shape index (κ1) is 19.0. The van der Waals surface area contributed by atoms with Crippen molar-refractivity contribution >= 4 is 17.3 Å². The minimum absolute atomic E-state index is 0.319. The summed E-state index contributed by atoms with van der Waals surface area (Å²) in [5, 5.41) is 3.87. The van der Waals surface area contributed by atoms with Gasteiger partial charge in [0.05, 0.1) is 0 Å². The molecular weight excluding hydrogens is 297 g/mol. The van der Waals surface area contributed by atoms with E-state index in [2.05, 4.69) is 32.7 Å². The van der Waals surface area contributed by atoms with E-state index in [-0.39, 0.29) is 5.82 Å². The van der Waals surface area contributed by atoms with Gasteiger partial charge >= 0.3 is 0 Å². The highest BCUT2D eigenvalue weighted by Gasteiger charge is 2.20. The van der Waals surface area contributed by atoms with Crippen LogP contribution in [0.2, 0.25) is 5.02 Å². The van der Waals surface area contributed by atoms with Gasteiger partial charge in [-0.05, 0) is 43.4 Å². The summed E-state index contributed by atoms with van der Waals surface area (Å²) in [6.07, 6.45) is 7.05. The van der Waals surface area contributed by atoms with Gasteiger partial charge in [-0.3, -0.25) is 0 Å². The fourth-order valence-electron chi connectivity index (χ4n) is 2.97. The van der Waals surface area contributed by atoms with Crippen LogP contribution in [0.15, 0.2) is 24.8 Å². The molecule has 0 saturated heterocycles. The topological polar surface area (TPSA) is 12.0 Å². The monoisotopic (exact) mass is 325 g/mol. The van der Waals surface area contributed by atoms with Gasteiger partial charge in [0.2, 0.25) is 0 Å². The van der Waals surface area contributed by atoms with Crippen LogP contribution in [-0.4, -0.2) is 6.04 Å².